The summed E-state index contributed by atoms with van der Waals surface area (Å²) in [5.41, 5.74) is 8.00. The molecule has 0 fully saturated rings. The van der Waals surface area contributed by atoms with Crippen LogP contribution in [0, 0.1) is 5.92 Å². The summed E-state index contributed by atoms with van der Waals surface area (Å²) in [5, 5.41) is 0. The first-order valence-corrected chi connectivity index (χ1v) is 7.10. The second kappa shape index (κ2) is 8.16. The van der Waals surface area contributed by atoms with Crippen molar-refractivity contribution in [2.45, 2.75) is 58.8 Å². The van der Waals surface area contributed by atoms with Gasteiger partial charge in [-0.05, 0) is 30.0 Å². The maximum atomic E-state index is 5.70. The Balaban J connectivity index is 2.33. The fourth-order valence-electron chi connectivity index (χ4n) is 2.30. The topological polar surface area (TPSA) is 26.0 Å². The first kappa shape index (κ1) is 14.1. The molecule has 2 N–H and O–H groups in total. The number of nitrogens with two attached hydrogens (primary N) is 1. The Morgan fingerprint density at radius 2 is 1.71 bits per heavy atom. The summed E-state index contributed by atoms with van der Waals surface area (Å²) in [4.78, 5) is 0. The smallest absolute Gasteiger partial charge is 0.0314 e. The third kappa shape index (κ3) is 5.76. The van der Waals surface area contributed by atoms with E-state index < -0.39 is 0 Å². The van der Waals surface area contributed by atoms with Gasteiger partial charge in [0.1, 0.15) is 0 Å². The molecule has 0 amide bonds. The lowest BCUT2D eigenvalue weighted by molar-refractivity contribution is 0.439. The van der Waals surface area contributed by atoms with Crippen LogP contribution in [0.2, 0.25) is 0 Å². The number of anilines is 1. The highest BCUT2D eigenvalue weighted by Crippen LogP contribution is 2.20. The Labute approximate surface area is 106 Å². The van der Waals surface area contributed by atoms with Crippen molar-refractivity contribution in [2.75, 3.05) is 5.73 Å². The van der Waals surface area contributed by atoms with E-state index in [1.165, 1.54) is 50.5 Å². The van der Waals surface area contributed by atoms with Gasteiger partial charge in [0, 0.05) is 5.69 Å². The Bertz CT molecular complexity index is 289. The average Bonchev–Trinajstić information content (AvgIpc) is 2.35. The third-order valence-corrected chi connectivity index (χ3v) is 3.55. The molecule has 0 heterocycles. The Kier molecular flexibility index (Phi) is 6.76. The van der Waals surface area contributed by atoms with Gasteiger partial charge in [0.25, 0.3) is 0 Å². The van der Waals surface area contributed by atoms with Crippen molar-refractivity contribution in [3.05, 3.63) is 29.8 Å². The Hall–Kier alpha value is -0.980. The zero-order valence-electron chi connectivity index (χ0n) is 11.4. The number of hydrogen-bond donors (Lipinski definition) is 1. The molecule has 0 aliphatic heterocycles. The molecule has 0 bridgehead atoms. The zero-order chi connectivity index (χ0) is 12.5. The van der Waals surface area contributed by atoms with Gasteiger partial charge in [0.15, 0.2) is 0 Å². The normalized spacial score (nSPS) is 12.6. The number of nitrogen functional groups attached to an aromatic ring is 1. The largest absolute Gasteiger partial charge is 0.399 e. The number of hydrogen-bond acceptors (Lipinski definition) is 1. The lowest BCUT2D eigenvalue weighted by atomic mass is 9.91. The van der Waals surface area contributed by atoms with E-state index >= 15 is 0 Å². The second-order valence-corrected chi connectivity index (χ2v) is 5.07. The van der Waals surface area contributed by atoms with Gasteiger partial charge in [0.05, 0.1) is 0 Å². The molecule has 1 aromatic carbocycles. The molecule has 0 saturated carbocycles. The molecule has 0 aliphatic carbocycles. The molecule has 96 valence electrons. The minimum Gasteiger partial charge on any atom is -0.399 e. The molecule has 1 atom stereocenters. The number of unbranched alkanes of at least 4 members (excludes halogenated alkanes) is 3. The van der Waals surface area contributed by atoms with Crippen molar-refractivity contribution in [1.29, 1.82) is 0 Å². The van der Waals surface area contributed by atoms with E-state index in [9.17, 15) is 0 Å². The van der Waals surface area contributed by atoms with Crippen molar-refractivity contribution in [3.63, 3.8) is 0 Å². The van der Waals surface area contributed by atoms with Crippen LogP contribution in [0.4, 0.5) is 5.69 Å². The monoisotopic (exact) mass is 233 g/mol. The molecular weight excluding hydrogens is 206 g/mol. The van der Waals surface area contributed by atoms with Crippen molar-refractivity contribution in [3.8, 4) is 0 Å². The molecule has 0 radical (unpaired) electrons. The summed E-state index contributed by atoms with van der Waals surface area (Å²) in [5.74, 6) is 0.843. The first-order chi connectivity index (χ1) is 8.26. The molecule has 1 nitrogen and oxygen atoms in total. The van der Waals surface area contributed by atoms with Crippen LogP contribution in [0.3, 0.4) is 0 Å². The highest BCUT2D eigenvalue weighted by molar-refractivity contribution is 5.39. The SMILES string of the molecule is CCCCCCC(CC)Cc1ccc(N)cc1. The third-order valence-electron chi connectivity index (χ3n) is 3.55. The molecule has 1 aromatic rings. The van der Waals surface area contributed by atoms with Crippen LogP contribution in [0.5, 0.6) is 0 Å². The van der Waals surface area contributed by atoms with Crippen LogP contribution >= 0.6 is 0 Å². The summed E-state index contributed by atoms with van der Waals surface area (Å²) in [7, 11) is 0. The second-order valence-electron chi connectivity index (χ2n) is 5.07. The molecule has 17 heavy (non-hydrogen) atoms. The van der Waals surface area contributed by atoms with Gasteiger partial charge in [0.2, 0.25) is 0 Å². The van der Waals surface area contributed by atoms with Crippen LogP contribution in [-0.4, -0.2) is 0 Å². The van der Waals surface area contributed by atoms with Crippen LogP contribution in [-0.2, 0) is 6.42 Å². The van der Waals surface area contributed by atoms with Crippen LogP contribution in [0.15, 0.2) is 24.3 Å². The zero-order valence-corrected chi connectivity index (χ0v) is 11.4. The summed E-state index contributed by atoms with van der Waals surface area (Å²) in [6.07, 6.45) is 9.38. The van der Waals surface area contributed by atoms with E-state index in [1.54, 1.807) is 0 Å². The Morgan fingerprint density at radius 3 is 2.29 bits per heavy atom. The number of benzene rings is 1. The molecule has 0 saturated heterocycles. The predicted octanol–water partition coefficient (Wildman–Crippen LogP) is 4.81. The molecule has 0 aromatic heterocycles. The summed E-state index contributed by atoms with van der Waals surface area (Å²) >= 11 is 0. The highest BCUT2D eigenvalue weighted by Gasteiger charge is 2.07. The van der Waals surface area contributed by atoms with Gasteiger partial charge in [-0.2, -0.15) is 0 Å². The average molecular weight is 233 g/mol. The van der Waals surface area contributed by atoms with Gasteiger partial charge in [-0.25, -0.2) is 0 Å². The fourth-order valence-corrected chi connectivity index (χ4v) is 2.30. The fraction of sp³-hybridized carbons (Fsp3) is 0.625. The minimum absolute atomic E-state index is 0.843. The lowest BCUT2D eigenvalue weighted by Gasteiger charge is -2.14. The quantitative estimate of drug-likeness (QED) is 0.506. The maximum Gasteiger partial charge on any atom is 0.0314 e. The molecular formula is C16H27N. The van der Waals surface area contributed by atoms with Gasteiger partial charge in [-0.3, -0.25) is 0 Å². The summed E-state index contributed by atoms with van der Waals surface area (Å²) < 4.78 is 0. The molecule has 1 heteroatoms. The summed E-state index contributed by atoms with van der Waals surface area (Å²) in [6.45, 7) is 4.58. The van der Waals surface area contributed by atoms with E-state index in [1.807, 2.05) is 12.1 Å². The van der Waals surface area contributed by atoms with Crippen LogP contribution < -0.4 is 5.73 Å². The van der Waals surface area contributed by atoms with Crippen LogP contribution in [0.25, 0.3) is 0 Å². The van der Waals surface area contributed by atoms with E-state index in [2.05, 4.69) is 26.0 Å². The van der Waals surface area contributed by atoms with Crippen molar-refractivity contribution in [1.82, 2.24) is 0 Å². The van der Waals surface area contributed by atoms with E-state index in [0.717, 1.165) is 11.6 Å². The minimum atomic E-state index is 0.843. The summed E-state index contributed by atoms with van der Waals surface area (Å²) in [6, 6.07) is 8.37. The van der Waals surface area contributed by atoms with Gasteiger partial charge >= 0.3 is 0 Å². The lowest BCUT2D eigenvalue weighted by Crippen LogP contribution is -2.03. The van der Waals surface area contributed by atoms with Gasteiger partial charge < -0.3 is 5.73 Å². The van der Waals surface area contributed by atoms with Crippen LogP contribution in [0.1, 0.15) is 57.9 Å². The van der Waals surface area contributed by atoms with Crippen molar-refractivity contribution in [2.24, 2.45) is 5.92 Å². The molecule has 0 aliphatic rings. The number of rotatable bonds is 8. The van der Waals surface area contributed by atoms with Gasteiger partial charge in [-0.15, -0.1) is 0 Å². The van der Waals surface area contributed by atoms with Gasteiger partial charge in [-0.1, -0.05) is 64.5 Å². The van der Waals surface area contributed by atoms with E-state index in [0.29, 0.717) is 0 Å². The molecule has 0 spiro atoms. The highest BCUT2D eigenvalue weighted by atomic mass is 14.5. The maximum absolute atomic E-state index is 5.70. The van der Waals surface area contributed by atoms with E-state index in [-0.39, 0.29) is 0 Å². The van der Waals surface area contributed by atoms with E-state index in [4.69, 9.17) is 5.73 Å². The molecule has 1 unspecified atom stereocenters. The van der Waals surface area contributed by atoms with Crippen molar-refractivity contribution < 1.29 is 0 Å². The Morgan fingerprint density at radius 1 is 1.00 bits per heavy atom. The van der Waals surface area contributed by atoms with Crippen molar-refractivity contribution >= 4 is 5.69 Å². The predicted molar refractivity (Wildman–Crippen MR) is 77.1 cm³/mol. The standard InChI is InChI=1S/C16H27N/c1-3-5-6-7-8-14(4-2)13-15-9-11-16(17)12-10-15/h9-12,14H,3-8,13,17H2,1-2H3. The molecule has 1 rings (SSSR count). The first-order valence-electron chi connectivity index (χ1n) is 7.10.